The van der Waals surface area contributed by atoms with E-state index < -0.39 is 23.4 Å². The summed E-state index contributed by atoms with van der Waals surface area (Å²) in [6, 6.07) is 16.3. The first kappa shape index (κ1) is 20.9. The number of imide groups is 1. The fraction of sp³-hybridized carbons (Fsp3) is 0.375. The molecule has 0 aromatic heterocycles. The molecule has 0 bridgehead atoms. The predicted molar refractivity (Wildman–Crippen MR) is 120 cm³/mol. The first-order valence-electron chi connectivity index (χ1n) is 10.9. The van der Waals surface area contributed by atoms with Gasteiger partial charge < -0.3 is 15.5 Å². The van der Waals surface area contributed by atoms with Gasteiger partial charge in [0.25, 0.3) is 5.91 Å². The number of carbonyl (C=O) groups is 3. The summed E-state index contributed by atoms with van der Waals surface area (Å²) in [6.07, 6.45) is 3.88. The van der Waals surface area contributed by atoms with Crippen LogP contribution in [0.25, 0.3) is 0 Å². The van der Waals surface area contributed by atoms with E-state index in [1.54, 1.807) is 0 Å². The molecule has 2 N–H and O–H groups in total. The van der Waals surface area contributed by atoms with E-state index in [1.807, 2.05) is 61.5 Å². The zero-order valence-corrected chi connectivity index (χ0v) is 17.8. The third kappa shape index (κ3) is 4.00. The van der Waals surface area contributed by atoms with Crippen LogP contribution in [0.4, 0.5) is 16.2 Å². The number of hydrogen-bond donors (Lipinski definition) is 2. The summed E-state index contributed by atoms with van der Waals surface area (Å²) >= 11 is 0. The van der Waals surface area contributed by atoms with Crippen LogP contribution in [-0.2, 0) is 15.1 Å². The van der Waals surface area contributed by atoms with Gasteiger partial charge in [-0.2, -0.15) is 0 Å². The molecule has 2 saturated heterocycles. The molecule has 162 valence electrons. The Labute approximate surface area is 182 Å². The summed E-state index contributed by atoms with van der Waals surface area (Å²) < 4.78 is 0. The average Bonchev–Trinajstić information content (AvgIpc) is 3.05. The van der Waals surface area contributed by atoms with E-state index >= 15 is 0 Å². The van der Waals surface area contributed by atoms with Gasteiger partial charge >= 0.3 is 6.03 Å². The van der Waals surface area contributed by atoms with Gasteiger partial charge in [0.2, 0.25) is 5.91 Å². The Hall–Kier alpha value is -3.35. The summed E-state index contributed by atoms with van der Waals surface area (Å²) in [6.45, 7) is 3.43. The van der Waals surface area contributed by atoms with Crippen molar-refractivity contribution < 1.29 is 14.4 Å². The van der Waals surface area contributed by atoms with Gasteiger partial charge in [0, 0.05) is 13.1 Å². The van der Waals surface area contributed by atoms with Crippen LogP contribution >= 0.6 is 0 Å². The van der Waals surface area contributed by atoms with Gasteiger partial charge in [0.05, 0.1) is 11.4 Å². The lowest BCUT2D eigenvalue weighted by atomic mass is 9.87. The van der Waals surface area contributed by atoms with Crippen LogP contribution in [0.1, 0.15) is 38.2 Å². The second kappa shape index (κ2) is 8.79. The fourth-order valence-electron chi connectivity index (χ4n) is 4.46. The maximum Gasteiger partial charge on any atom is 0.325 e. The van der Waals surface area contributed by atoms with Crippen molar-refractivity contribution in [1.29, 1.82) is 0 Å². The normalized spacial score (nSPS) is 21.2. The topological polar surface area (TPSA) is 81.8 Å². The minimum atomic E-state index is -1.13. The van der Waals surface area contributed by atoms with Crippen molar-refractivity contribution >= 4 is 29.2 Å². The van der Waals surface area contributed by atoms with Crippen LogP contribution in [0.3, 0.4) is 0 Å². The van der Waals surface area contributed by atoms with Gasteiger partial charge in [-0.1, -0.05) is 49.4 Å². The van der Waals surface area contributed by atoms with Gasteiger partial charge in [-0.25, -0.2) is 4.79 Å². The van der Waals surface area contributed by atoms with E-state index in [0.29, 0.717) is 17.7 Å². The quantitative estimate of drug-likeness (QED) is 0.701. The lowest BCUT2D eigenvalue weighted by molar-refractivity contribution is -0.134. The third-order valence-electron chi connectivity index (χ3n) is 6.15. The van der Waals surface area contributed by atoms with Gasteiger partial charge in [-0.3, -0.25) is 14.5 Å². The second-order valence-corrected chi connectivity index (χ2v) is 8.06. The van der Waals surface area contributed by atoms with Gasteiger partial charge in [-0.15, -0.1) is 0 Å². The molecule has 7 nitrogen and oxygen atoms in total. The fourth-order valence-corrected chi connectivity index (χ4v) is 4.46. The number of urea groups is 1. The Morgan fingerprint density at radius 3 is 2.39 bits per heavy atom. The monoisotopic (exact) mass is 420 g/mol. The van der Waals surface area contributed by atoms with Gasteiger partial charge in [-0.05, 0) is 43.4 Å². The standard InChI is InChI=1S/C24H28N4O3/c1-2-24(18-11-5-3-6-12-18)22(30)28(23(31)26-24)17-21(29)25-19-13-7-8-14-20(19)27-15-9-4-10-16-27/h3,5-8,11-14H,2,4,9-10,15-17H2,1H3,(H,25,29)(H,26,31)/t24-/m0/s1. The molecule has 2 aromatic carbocycles. The molecule has 2 aliphatic rings. The van der Waals surface area contributed by atoms with Crippen LogP contribution in [-0.4, -0.2) is 42.4 Å². The first-order valence-corrected chi connectivity index (χ1v) is 10.9. The maximum absolute atomic E-state index is 13.2. The Kier molecular flexibility index (Phi) is 5.93. The first-order chi connectivity index (χ1) is 15.0. The number of carbonyl (C=O) groups excluding carboxylic acids is 3. The predicted octanol–water partition coefficient (Wildman–Crippen LogP) is 3.47. The molecule has 1 atom stereocenters. The molecular formula is C24H28N4O3. The van der Waals surface area contributed by atoms with E-state index in [0.717, 1.165) is 36.5 Å². The molecule has 7 heteroatoms. The second-order valence-electron chi connectivity index (χ2n) is 8.06. The minimum absolute atomic E-state index is 0.326. The van der Waals surface area contributed by atoms with Gasteiger partial charge in [0.15, 0.2) is 0 Å². The smallest absolute Gasteiger partial charge is 0.325 e. The highest BCUT2D eigenvalue weighted by Gasteiger charge is 2.51. The molecule has 4 rings (SSSR count). The molecule has 2 heterocycles. The van der Waals surface area contributed by atoms with Crippen molar-refractivity contribution in [2.45, 2.75) is 38.1 Å². The number of anilines is 2. The Morgan fingerprint density at radius 1 is 1.00 bits per heavy atom. The molecule has 4 amide bonds. The highest BCUT2D eigenvalue weighted by molar-refractivity contribution is 6.10. The molecule has 0 saturated carbocycles. The van der Waals surface area contributed by atoms with E-state index in [-0.39, 0.29) is 6.54 Å². The zero-order valence-electron chi connectivity index (χ0n) is 17.8. The average molecular weight is 421 g/mol. The van der Waals surface area contributed by atoms with Crippen LogP contribution in [0.2, 0.25) is 0 Å². The lowest BCUT2D eigenvalue weighted by Crippen LogP contribution is -2.44. The molecule has 0 radical (unpaired) electrons. The summed E-state index contributed by atoms with van der Waals surface area (Å²) in [5, 5.41) is 5.72. The Balaban J connectivity index is 1.50. The molecule has 31 heavy (non-hydrogen) atoms. The molecule has 2 aromatic rings. The van der Waals surface area contributed by atoms with E-state index in [9.17, 15) is 14.4 Å². The number of rotatable bonds is 6. The molecule has 2 aliphatic heterocycles. The van der Waals surface area contributed by atoms with Crippen molar-refractivity contribution in [2.75, 3.05) is 29.9 Å². The van der Waals surface area contributed by atoms with E-state index in [4.69, 9.17) is 0 Å². The van der Waals surface area contributed by atoms with Crippen LogP contribution < -0.4 is 15.5 Å². The number of hydrogen-bond acceptors (Lipinski definition) is 4. The highest BCUT2D eigenvalue weighted by Crippen LogP contribution is 2.32. The zero-order chi connectivity index (χ0) is 21.8. The number of benzene rings is 2. The number of amides is 4. The van der Waals surface area contributed by atoms with Gasteiger partial charge in [0.1, 0.15) is 12.1 Å². The highest BCUT2D eigenvalue weighted by atomic mass is 16.2. The summed E-state index contributed by atoms with van der Waals surface area (Å²) in [5.74, 6) is -0.793. The van der Waals surface area contributed by atoms with Crippen molar-refractivity contribution in [3.8, 4) is 0 Å². The van der Waals surface area contributed by atoms with Crippen molar-refractivity contribution in [3.63, 3.8) is 0 Å². The number of nitrogens with one attached hydrogen (secondary N) is 2. The minimum Gasteiger partial charge on any atom is -0.370 e. The van der Waals surface area contributed by atoms with Crippen LogP contribution in [0.15, 0.2) is 54.6 Å². The summed E-state index contributed by atoms with van der Waals surface area (Å²) in [5.41, 5.74) is 1.25. The molecule has 2 fully saturated rings. The largest absolute Gasteiger partial charge is 0.370 e. The van der Waals surface area contributed by atoms with Crippen LogP contribution in [0.5, 0.6) is 0 Å². The molecule has 0 aliphatic carbocycles. The Morgan fingerprint density at radius 2 is 1.68 bits per heavy atom. The van der Waals surface area contributed by atoms with Crippen LogP contribution in [0, 0.1) is 0 Å². The lowest BCUT2D eigenvalue weighted by Gasteiger charge is -2.30. The third-order valence-corrected chi connectivity index (χ3v) is 6.15. The van der Waals surface area contributed by atoms with E-state index in [1.165, 1.54) is 6.42 Å². The Bertz CT molecular complexity index is 972. The number of nitrogens with zero attached hydrogens (tertiary/aromatic N) is 2. The molecule has 0 spiro atoms. The number of para-hydroxylation sites is 2. The maximum atomic E-state index is 13.2. The number of piperidine rings is 1. The SMILES string of the molecule is CC[C@@]1(c2ccccc2)NC(=O)N(CC(=O)Nc2ccccc2N2CCCCC2)C1=O. The summed E-state index contributed by atoms with van der Waals surface area (Å²) in [4.78, 5) is 42.0. The van der Waals surface area contributed by atoms with Crippen molar-refractivity contribution in [3.05, 3.63) is 60.2 Å². The van der Waals surface area contributed by atoms with Crippen molar-refractivity contribution in [1.82, 2.24) is 10.2 Å². The molecule has 0 unspecified atom stereocenters. The van der Waals surface area contributed by atoms with E-state index in [2.05, 4.69) is 15.5 Å². The summed E-state index contributed by atoms with van der Waals surface area (Å²) in [7, 11) is 0. The molecular weight excluding hydrogens is 392 g/mol. The van der Waals surface area contributed by atoms with Crippen molar-refractivity contribution in [2.24, 2.45) is 0 Å².